The maximum atomic E-state index is 9.41. The third-order valence-corrected chi connectivity index (χ3v) is 4.28. The summed E-state index contributed by atoms with van der Waals surface area (Å²) in [4.78, 5) is 2.45. The van der Waals surface area contributed by atoms with Gasteiger partial charge in [-0.15, -0.1) is 0 Å². The summed E-state index contributed by atoms with van der Waals surface area (Å²) in [5, 5.41) is 12.9. The minimum atomic E-state index is -0.262. The Labute approximate surface area is 106 Å². The van der Waals surface area contributed by atoms with Crippen LogP contribution in [0.4, 0.5) is 0 Å². The highest BCUT2D eigenvalue weighted by Gasteiger charge is 2.40. The van der Waals surface area contributed by atoms with Crippen LogP contribution in [-0.2, 0) is 0 Å². The van der Waals surface area contributed by atoms with Gasteiger partial charge < -0.3 is 4.90 Å². The first-order chi connectivity index (χ1) is 8.08. The van der Waals surface area contributed by atoms with Crippen molar-refractivity contribution in [3.8, 4) is 6.07 Å². The van der Waals surface area contributed by atoms with E-state index in [1.54, 1.807) is 0 Å². The Balaban J connectivity index is 2.58. The highest BCUT2D eigenvalue weighted by molar-refractivity contribution is 5.13. The molecule has 3 unspecified atom stereocenters. The van der Waals surface area contributed by atoms with Crippen molar-refractivity contribution < 1.29 is 0 Å². The van der Waals surface area contributed by atoms with Gasteiger partial charge in [0.15, 0.2) is 0 Å². The largest absolute Gasteiger partial charge is 0.301 e. The number of nitrogens with zero attached hydrogens (tertiary/aromatic N) is 2. The molecule has 0 amide bonds. The van der Waals surface area contributed by atoms with Crippen LogP contribution in [0, 0.1) is 11.3 Å². The van der Waals surface area contributed by atoms with Crippen molar-refractivity contribution >= 4 is 0 Å². The lowest BCUT2D eigenvalue weighted by Crippen LogP contribution is -2.45. The zero-order valence-corrected chi connectivity index (χ0v) is 11.8. The lowest BCUT2D eigenvalue weighted by atomic mass is 9.99. The minimum absolute atomic E-state index is 0.262. The van der Waals surface area contributed by atoms with Gasteiger partial charge in [0, 0.05) is 12.1 Å². The maximum absolute atomic E-state index is 9.41. The zero-order valence-electron chi connectivity index (χ0n) is 11.8. The molecule has 0 spiro atoms. The molecule has 98 valence electrons. The summed E-state index contributed by atoms with van der Waals surface area (Å²) in [5.74, 6) is 0. The Bertz CT molecular complexity index is 271. The summed E-state index contributed by atoms with van der Waals surface area (Å²) in [6, 6.07) is 3.69. The van der Waals surface area contributed by atoms with Crippen LogP contribution in [0.15, 0.2) is 0 Å². The zero-order chi connectivity index (χ0) is 12.9. The predicted octanol–water partition coefficient (Wildman–Crippen LogP) is 2.53. The number of nitrogens with one attached hydrogen (secondary N) is 1. The van der Waals surface area contributed by atoms with Gasteiger partial charge in [-0.3, -0.25) is 5.32 Å². The van der Waals surface area contributed by atoms with Crippen LogP contribution < -0.4 is 5.32 Å². The minimum Gasteiger partial charge on any atom is -0.301 e. The molecule has 1 rings (SSSR count). The van der Waals surface area contributed by atoms with Crippen molar-refractivity contribution in [1.29, 1.82) is 5.26 Å². The first-order valence-electron chi connectivity index (χ1n) is 6.96. The first kappa shape index (κ1) is 14.5. The van der Waals surface area contributed by atoms with Crippen LogP contribution in [0.3, 0.4) is 0 Å². The van der Waals surface area contributed by atoms with E-state index in [0.717, 1.165) is 32.2 Å². The highest BCUT2D eigenvalue weighted by Crippen LogP contribution is 2.33. The van der Waals surface area contributed by atoms with E-state index >= 15 is 0 Å². The number of hydrogen-bond donors (Lipinski definition) is 1. The maximum Gasteiger partial charge on any atom is 0.108 e. The Morgan fingerprint density at radius 1 is 1.53 bits per heavy atom. The van der Waals surface area contributed by atoms with E-state index in [2.05, 4.69) is 44.1 Å². The molecule has 1 fully saturated rings. The van der Waals surface area contributed by atoms with Crippen LogP contribution in [0.25, 0.3) is 0 Å². The second kappa shape index (κ2) is 6.37. The fraction of sp³-hybridized carbons (Fsp3) is 0.929. The van der Waals surface area contributed by atoms with Crippen molar-refractivity contribution in [3.63, 3.8) is 0 Å². The second-order valence-electron chi connectivity index (χ2n) is 5.44. The molecule has 0 aromatic carbocycles. The summed E-state index contributed by atoms with van der Waals surface area (Å²) in [5.41, 5.74) is -0.262. The molecule has 0 radical (unpaired) electrons. The lowest BCUT2D eigenvalue weighted by Gasteiger charge is -2.31. The molecule has 1 aliphatic rings. The summed E-state index contributed by atoms with van der Waals surface area (Å²) < 4.78 is 0. The molecule has 0 heterocycles. The average molecular weight is 237 g/mol. The molecule has 0 saturated heterocycles. The van der Waals surface area contributed by atoms with Crippen molar-refractivity contribution in [2.75, 3.05) is 13.6 Å². The van der Waals surface area contributed by atoms with E-state index in [0.29, 0.717) is 12.1 Å². The van der Waals surface area contributed by atoms with Gasteiger partial charge in [-0.05, 0) is 52.6 Å². The van der Waals surface area contributed by atoms with Gasteiger partial charge in [0.1, 0.15) is 5.54 Å². The monoisotopic (exact) mass is 237 g/mol. The van der Waals surface area contributed by atoms with Gasteiger partial charge in [-0.1, -0.05) is 13.8 Å². The van der Waals surface area contributed by atoms with Gasteiger partial charge in [-0.2, -0.15) is 5.26 Å². The molecule has 1 aliphatic carbocycles. The van der Waals surface area contributed by atoms with Gasteiger partial charge >= 0.3 is 0 Å². The third kappa shape index (κ3) is 3.43. The first-order valence-corrected chi connectivity index (χ1v) is 6.96. The Kier molecular flexibility index (Phi) is 5.42. The standard InChI is InChI=1S/C14H27N3/c1-5-9-16-14(11-15)8-7-13(10-14)17(4)12(3)6-2/h12-13,16H,5-10H2,1-4H3. The summed E-state index contributed by atoms with van der Waals surface area (Å²) in [6.07, 6.45) is 5.38. The average Bonchev–Trinajstić information content (AvgIpc) is 2.79. The molecule has 0 bridgehead atoms. The van der Waals surface area contributed by atoms with E-state index in [-0.39, 0.29) is 5.54 Å². The van der Waals surface area contributed by atoms with E-state index in [4.69, 9.17) is 0 Å². The summed E-state index contributed by atoms with van der Waals surface area (Å²) in [6.45, 7) is 7.60. The van der Waals surface area contributed by atoms with E-state index < -0.39 is 0 Å². The molecule has 17 heavy (non-hydrogen) atoms. The van der Waals surface area contributed by atoms with E-state index in [1.165, 1.54) is 6.42 Å². The van der Waals surface area contributed by atoms with Gasteiger partial charge in [0.05, 0.1) is 6.07 Å². The summed E-state index contributed by atoms with van der Waals surface area (Å²) in [7, 11) is 2.20. The SMILES string of the molecule is CCCNC1(C#N)CCC(N(C)C(C)CC)C1. The van der Waals surface area contributed by atoms with Crippen LogP contribution >= 0.6 is 0 Å². The molecule has 3 heteroatoms. The van der Waals surface area contributed by atoms with Crippen molar-refractivity contribution in [2.45, 2.75) is 70.5 Å². The fourth-order valence-electron chi connectivity index (χ4n) is 2.68. The molecule has 3 atom stereocenters. The normalized spacial score (nSPS) is 30.5. The third-order valence-electron chi connectivity index (χ3n) is 4.28. The quantitative estimate of drug-likeness (QED) is 0.771. The molecular weight excluding hydrogens is 210 g/mol. The van der Waals surface area contributed by atoms with Crippen LogP contribution in [0.1, 0.15) is 52.9 Å². The lowest BCUT2D eigenvalue weighted by molar-refractivity contribution is 0.176. The van der Waals surface area contributed by atoms with E-state index in [9.17, 15) is 5.26 Å². The molecule has 3 nitrogen and oxygen atoms in total. The number of rotatable bonds is 6. The van der Waals surface area contributed by atoms with Crippen molar-refractivity contribution in [2.24, 2.45) is 0 Å². The Hall–Kier alpha value is -0.590. The van der Waals surface area contributed by atoms with E-state index in [1.807, 2.05) is 0 Å². The number of hydrogen-bond acceptors (Lipinski definition) is 3. The molecule has 0 aromatic heterocycles. The predicted molar refractivity (Wildman–Crippen MR) is 71.8 cm³/mol. The molecule has 1 N–H and O–H groups in total. The molecule has 0 aliphatic heterocycles. The van der Waals surface area contributed by atoms with Crippen LogP contribution in [0.2, 0.25) is 0 Å². The summed E-state index contributed by atoms with van der Waals surface area (Å²) >= 11 is 0. The topological polar surface area (TPSA) is 39.1 Å². The van der Waals surface area contributed by atoms with Crippen LogP contribution in [-0.4, -0.2) is 36.1 Å². The molecular formula is C14H27N3. The van der Waals surface area contributed by atoms with Crippen molar-refractivity contribution in [1.82, 2.24) is 10.2 Å². The second-order valence-corrected chi connectivity index (χ2v) is 5.44. The molecule has 1 saturated carbocycles. The van der Waals surface area contributed by atoms with Crippen molar-refractivity contribution in [3.05, 3.63) is 0 Å². The van der Waals surface area contributed by atoms with Gasteiger partial charge in [0.2, 0.25) is 0 Å². The van der Waals surface area contributed by atoms with Gasteiger partial charge in [-0.25, -0.2) is 0 Å². The Morgan fingerprint density at radius 3 is 2.76 bits per heavy atom. The number of nitriles is 1. The smallest absolute Gasteiger partial charge is 0.108 e. The fourth-order valence-corrected chi connectivity index (χ4v) is 2.68. The highest BCUT2D eigenvalue weighted by atomic mass is 15.2. The Morgan fingerprint density at radius 2 is 2.24 bits per heavy atom. The van der Waals surface area contributed by atoms with Crippen LogP contribution in [0.5, 0.6) is 0 Å². The van der Waals surface area contributed by atoms with Gasteiger partial charge in [0.25, 0.3) is 0 Å². The molecule has 0 aromatic rings.